The van der Waals surface area contributed by atoms with Crippen molar-refractivity contribution in [1.82, 2.24) is 4.90 Å². The van der Waals surface area contributed by atoms with Crippen LogP contribution in [0.25, 0.3) is 0 Å². The highest BCUT2D eigenvalue weighted by molar-refractivity contribution is 9.10. The van der Waals surface area contributed by atoms with Crippen LogP contribution >= 0.6 is 27.5 Å². The monoisotopic (exact) mass is 345 g/mol. The Labute approximate surface area is 126 Å². The summed E-state index contributed by atoms with van der Waals surface area (Å²) in [5.74, 6) is 0.427. The lowest BCUT2D eigenvalue weighted by Gasteiger charge is -2.32. The van der Waals surface area contributed by atoms with E-state index in [9.17, 15) is 4.79 Å². The summed E-state index contributed by atoms with van der Waals surface area (Å²) in [6.45, 7) is 1.70. The number of carbonyl (C=O) groups excluding carboxylic acids is 1. The highest BCUT2D eigenvalue weighted by Gasteiger charge is 2.24. The summed E-state index contributed by atoms with van der Waals surface area (Å²) in [6, 6.07) is 5.26. The van der Waals surface area contributed by atoms with E-state index >= 15 is 0 Å². The second kappa shape index (κ2) is 6.73. The number of likely N-dealkylation sites (tertiary alicyclic amines) is 1. The molecule has 5 heteroatoms. The molecule has 104 valence electrons. The van der Waals surface area contributed by atoms with E-state index in [4.69, 9.17) is 16.7 Å². The molecule has 0 bridgehead atoms. The lowest BCUT2D eigenvalue weighted by Crippen LogP contribution is -2.40. The minimum atomic E-state index is 0.0193. The molecule has 1 atom stereocenters. The van der Waals surface area contributed by atoms with E-state index in [2.05, 4.69) is 15.9 Å². The van der Waals surface area contributed by atoms with E-state index in [1.165, 1.54) is 0 Å². The van der Waals surface area contributed by atoms with E-state index in [0.717, 1.165) is 36.8 Å². The maximum absolute atomic E-state index is 12.4. The number of aliphatic hydroxyl groups excluding tert-OH is 1. The van der Waals surface area contributed by atoms with Gasteiger partial charge in [0.15, 0.2) is 0 Å². The topological polar surface area (TPSA) is 40.5 Å². The summed E-state index contributed by atoms with van der Waals surface area (Å²) in [5.41, 5.74) is 0.615. The predicted octanol–water partition coefficient (Wildman–Crippen LogP) is 3.34. The van der Waals surface area contributed by atoms with Crippen LogP contribution in [-0.4, -0.2) is 35.6 Å². The minimum absolute atomic E-state index is 0.0193. The van der Waals surface area contributed by atoms with E-state index in [1.54, 1.807) is 18.2 Å². The van der Waals surface area contributed by atoms with Gasteiger partial charge in [-0.05, 0) is 43.4 Å². The van der Waals surface area contributed by atoms with Crippen LogP contribution in [0.1, 0.15) is 29.6 Å². The molecule has 0 aliphatic carbocycles. The molecule has 1 aromatic carbocycles. The van der Waals surface area contributed by atoms with Crippen LogP contribution in [0.15, 0.2) is 22.7 Å². The van der Waals surface area contributed by atoms with E-state index in [-0.39, 0.29) is 12.5 Å². The first-order chi connectivity index (χ1) is 9.10. The third-order valence-corrected chi connectivity index (χ3v) is 4.13. The standard InChI is InChI=1S/C14H17BrClNO2/c15-12-6-11(7-13(16)8-12)14(19)17-4-1-2-10(9-17)3-5-18/h6-8,10,18H,1-5,9H2. The Morgan fingerprint density at radius 3 is 2.95 bits per heavy atom. The van der Waals surface area contributed by atoms with Gasteiger partial charge in [-0.15, -0.1) is 0 Å². The van der Waals surface area contributed by atoms with Crippen LogP contribution < -0.4 is 0 Å². The summed E-state index contributed by atoms with van der Waals surface area (Å²) in [7, 11) is 0. The largest absolute Gasteiger partial charge is 0.396 e. The zero-order valence-corrected chi connectivity index (χ0v) is 13.0. The third-order valence-electron chi connectivity index (χ3n) is 3.45. The maximum Gasteiger partial charge on any atom is 0.253 e. The summed E-state index contributed by atoms with van der Waals surface area (Å²) < 4.78 is 0.812. The molecular weight excluding hydrogens is 330 g/mol. The average molecular weight is 347 g/mol. The van der Waals surface area contributed by atoms with Gasteiger partial charge in [0.2, 0.25) is 0 Å². The van der Waals surface area contributed by atoms with Crippen molar-refractivity contribution in [1.29, 1.82) is 0 Å². The van der Waals surface area contributed by atoms with Crippen molar-refractivity contribution >= 4 is 33.4 Å². The summed E-state index contributed by atoms with van der Waals surface area (Å²) in [6.07, 6.45) is 2.85. The van der Waals surface area contributed by atoms with Gasteiger partial charge in [-0.1, -0.05) is 27.5 Å². The normalized spacial score (nSPS) is 19.5. The van der Waals surface area contributed by atoms with Gasteiger partial charge < -0.3 is 10.0 Å². The van der Waals surface area contributed by atoms with E-state index < -0.39 is 0 Å². The van der Waals surface area contributed by atoms with Crippen LogP contribution in [-0.2, 0) is 0 Å². The lowest BCUT2D eigenvalue weighted by molar-refractivity contribution is 0.0653. The van der Waals surface area contributed by atoms with Crippen molar-refractivity contribution in [3.63, 3.8) is 0 Å². The number of hydrogen-bond donors (Lipinski definition) is 1. The van der Waals surface area contributed by atoms with Gasteiger partial charge in [0.1, 0.15) is 0 Å². The van der Waals surface area contributed by atoms with Crippen LogP contribution in [0.5, 0.6) is 0 Å². The van der Waals surface area contributed by atoms with Crippen LogP contribution in [0.2, 0.25) is 5.02 Å². The first-order valence-corrected chi connectivity index (χ1v) is 7.63. The fourth-order valence-electron chi connectivity index (χ4n) is 2.53. The molecule has 1 N–H and O–H groups in total. The van der Waals surface area contributed by atoms with Gasteiger partial charge in [0.05, 0.1) is 0 Å². The molecule has 2 rings (SSSR count). The van der Waals surface area contributed by atoms with Crippen molar-refractivity contribution in [3.8, 4) is 0 Å². The Bertz CT molecular complexity index is 445. The van der Waals surface area contributed by atoms with Crippen molar-refractivity contribution < 1.29 is 9.90 Å². The fourth-order valence-corrected chi connectivity index (χ4v) is 3.39. The van der Waals surface area contributed by atoms with Gasteiger partial charge in [0, 0.05) is 34.8 Å². The van der Waals surface area contributed by atoms with Gasteiger partial charge in [0.25, 0.3) is 5.91 Å². The Kier molecular flexibility index (Phi) is 5.25. The minimum Gasteiger partial charge on any atom is -0.396 e. The number of hydrogen-bond acceptors (Lipinski definition) is 2. The van der Waals surface area contributed by atoms with Crippen molar-refractivity contribution in [3.05, 3.63) is 33.3 Å². The first-order valence-electron chi connectivity index (χ1n) is 6.46. The zero-order valence-electron chi connectivity index (χ0n) is 10.6. The molecule has 1 amide bonds. The maximum atomic E-state index is 12.4. The SMILES string of the molecule is O=C(c1cc(Cl)cc(Br)c1)N1CCCC(CCO)C1. The molecule has 1 saturated heterocycles. The van der Waals surface area contributed by atoms with Gasteiger partial charge in [-0.3, -0.25) is 4.79 Å². The molecule has 1 aromatic rings. The molecule has 0 radical (unpaired) electrons. The number of benzene rings is 1. The molecule has 0 spiro atoms. The van der Waals surface area contributed by atoms with E-state index in [0.29, 0.717) is 16.5 Å². The summed E-state index contributed by atoms with van der Waals surface area (Å²) in [4.78, 5) is 14.3. The molecule has 3 nitrogen and oxygen atoms in total. The second-order valence-corrected chi connectivity index (χ2v) is 6.28. The molecule has 1 aliphatic rings. The Morgan fingerprint density at radius 2 is 2.26 bits per heavy atom. The lowest BCUT2D eigenvalue weighted by atomic mass is 9.94. The number of amides is 1. The number of aliphatic hydroxyl groups is 1. The summed E-state index contributed by atoms with van der Waals surface area (Å²) in [5, 5.41) is 9.56. The molecule has 1 aliphatic heterocycles. The highest BCUT2D eigenvalue weighted by atomic mass is 79.9. The number of nitrogens with zero attached hydrogens (tertiary/aromatic N) is 1. The molecule has 1 fully saturated rings. The van der Waals surface area contributed by atoms with Crippen LogP contribution in [0, 0.1) is 5.92 Å². The average Bonchev–Trinajstić information content (AvgIpc) is 2.37. The van der Waals surface area contributed by atoms with Crippen LogP contribution in [0.3, 0.4) is 0 Å². The van der Waals surface area contributed by atoms with E-state index in [1.807, 2.05) is 4.90 Å². The first kappa shape index (κ1) is 14.8. The zero-order chi connectivity index (χ0) is 13.8. The Hall–Kier alpha value is -0.580. The van der Waals surface area contributed by atoms with Crippen molar-refractivity contribution in [2.24, 2.45) is 5.92 Å². The van der Waals surface area contributed by atoms with Gasteiger partial charge in [-0.25, -0.2) is 0 Å². The van der Waals surface area contributed by atoms with Gasteiger partial charge >= 0.3 is 0 Å². The third kappa shape index (κ3) is 3.94. The van der Waals surface area contributed by atoms with Crippen molar-refractivity contribution in [2.75, 3.05) is 19.7 Å². The molecule has 19 heavy (non-hydrogen) atoms. The highest BCUT2D eigenvalue weighted by Crippen LogP contribution is 2.24. The number of carbonyl (C=O) groups is 1. The van der Waals surface area contributed by atoms with Crippen molar-refractivity contribution in [2.45, 2.75) is 19.3 Å². The Morgan fingerprint density at radius 1 is 1.47 bits per heavy atom. The molecular formula is C14H17BrClNO2. The quantitative estimate of drug-likeness (QED) is 0.912. The van der Waals surface area contributed by atoms with Crippen LogP contribution in [0.4, 0.5) is 0 Å². The second-order valence-electron chi connectivity index (χ2n) is 4.93. The summed E-state index contributed by atoms with van der Waals surface area (Å²) >= 11 is 9.33. The van der Waals surface area contributed by atoms with Gasteiger partial charge in [-0.2, -0.15) is 0 Å². The number of piperidine rings is 1. The molecule has 1 unspecified atom stereocenters. The Balaban J connectivity index is 2.10. The number of halogens is 2. The molecule has 0 aromatic heterocycles. The number of rotatable bonds is 3. The fraction of sp³-hybridized carbons (Fsp3) is 0.500. The smallest absolute Gasteiger partial charge is 0.253 e. The predicted molar refractivity (Wildman–Crippen MR) is 79.5 cm³/mol. The molecule has 1 heterocycles. The molecule has 0 saturated carbocycles.